The molecule has 3 heterocycles. The smallest absolute Gasteiger partial charge is 0.251 e. The molecule has 1 amide bonds. The number of carbonyl (C=O) groups is 1. The van der Waals surface area contributed by atoms with Crippen LogP contribution in [0.4, 0.5) is 0 Å². The Balaban J connectivity index is 1.58. The van der Waals surface area contributed by atoms with Gasteiger partial charge in [-0.25, -0.2) is 0 Å². The third-order valence-electron chi connectivity index (χ3n) is 4.14. The lowest BCUT2D eigenvalue weighted by atomic mass is 10.2. The van der Waals surface area contributed by atoms with Gasteiger partial charge < -0.3 is 18.8 Å². The summed E-state index contributed by atoms with van der Waals surface area (Å²) in [4.78, 5) is 15.6. The maximum atomic E-state index is 11.8. The monoisotopic (exact) mass is 334 g/mol. The van der Waals surface area contributed by atoms with E-state index in [1.807, 2.05) is 19.9 Å². The number of hydrogen-bond acceptors (Lipinski definition) is 7. The van der Waals surface area contributed by atoms with Gasteiger partial charge in [-0.1, -0.05) is 0 Å². The molecule has 0 bridgehead atoms. The number of amides is 1. The summed E-state index contributed by atoms with van der Waals surface area (Å²) in [6.07, 6.45) is -0.947. The molecule has 1 unspecified atom stereocenters. The Morgan fingerprint density at radius 2 is 1.96 bits per heavy atom. The zero-order valence-electron chi connectivity index (χ0n) is 14.2. The van der Waals surface area contributed by atoms with Crippen LogP contribution in [-0.4, -0.2) is 63.3 Å². The minimum absolute atomic E-state index is 0.222. The zero-order valence-corrected chi connectivity index (χ0v) is 14.2. The van der Waals surface area contributed by atoms with Crippen LogP contribution in [0.1, 0.15) is 24.3 Å². The Labute approximate surface area is 140 Å². The van der Waals surface area contributed by atoms with Crippen molar-refractivity contribution in [3.63, 3.8) is 0 Å². The first-order chi connectivity index (χ1) is 11.4. The molecule has 2 aromatic rings. The second-order valence-electron chi connectivity index (χ2n) is 6.11. The normalized spacial score (nSPS) is 17.2. The summed E-state index contributed by atoms with van der Waals surface area (Å²) in [6.45, 7) is 8.37. The molecule has 0 spiro atoms. The number of piperazine rings is 1. The highest BCUT2D eigenvalue weighted by Gasteiger charge is 2.25. The third-order valence-corrected chi connectivity index (χ3v) is 4.14. The SMILES string of the molecule is Cc1cc(-c2nnc(CN3CCN(C(=O)C(C)O)CC3)o2)c(C)o1. The number of carbonyl (C=O) groups excluding carboxylic acids is 1. The van der Waals surface area contributed by atoms with Crippen LogP contribution in [0.2, 0.25) is 0 Å². The van der Waals surface area contributed by atoms with Crippen LogP contribution in [0.3, 0.4) is 0 Å². The fourth-order valence-electron chi connectivity index (χ4n) is 2.85. The largest absolute Gasteiger partial charge is 0.466 e. The van der Waals surface area contributed by atoms with E-state index in [9.17, 15) is 9.90 Å². The minimum atomic E-state index is -0.947. The summed E-state index contributed by atoms with van der Waals surface area (Å²) in [5, 5.41) is 17.6. The van der Waals surface area contributed by atoms with Crippen LogP contribution in [-0.2, 0) is 11.3 Å². The number of aromatic nitrogens is 2. The van der Waals surface area contributed by atoms with Crippen molar-refractivity contribution in [2.75, 3.05) is 26.2 Å². The second kappa shape index (κ2) is 6.74. The van der Waals surface area contributed by atoms with E-state index in [1.54, 1.807) is 4.90 Å². The molecule has 8 nitrogen and oxygen atoms in total. The standard InChI is InChI=1S/C16H22N4O4/c1-10-8-13(12(3)23-10)15-18-17-14(24-15)9-19-4-6-20(7-5-19)16(22)11(2)21/h8,11,21H,4-7,9H2,1-3H3. The van der Waals surface area contributed by atoms with Crippen LogP contribution in [0.15, 0.2) is 14.9 Å². The van der Waals surface area contributed by atoms with Crippen molar-refractivity contribution in [3.8, 4) is 11.5 Å². The number of aryl methyl sites for hydroxylation is 2. The zero-order chi connectivity index (χ0) is 17.3. The van der Waals surface area contributed by atoms with Crippen LogP contribution < -0.4 is 0 Å². The van der Waals surface area contributed by atoms with Gasteiger partial charge in [0.25, 0.3) is 11.8 Å². The second-order valence-corrected chi connectivity index (χ2v) is 6.11. The van der Waals surface area contributed by atoms with Crippen molar-refractivity contribution < 1.29 is 18.7 Å². The molecule has 0 radical (unpaired) electrons. The highest BCUT2D eigenvalue weighted by atomic mass is 16.4. The quantitative estimate of drug-likeness (QED) is 0.890. The van der Waals surface area contributed by atoms with Crippen LogP contribution in [0, 0.1) is 13.8 Å². The first-order valence-electron chi connectivity index (χ1n) is 8.03. The number of furan rings is 1. The van der Waals surface area contributed by atoms with Crippen molar-refractivity contribution in [2.24, 2.45) is 0 Å². The van der Waals surface area contributed by atoms with Gasteiger partial charge in [0.2, 0.25) is 5.89 Å². The summed E-state index contributed by atoms with van der Waals surface area (Å²) in [5.41, 5.74) is 0.818. The van der Waals surface area contributed by atoms with Crippen molar-refractivity contribution >= 4 is 5.91 Å². The molecular formula is C16H22N4O4. The van der Waals surface area contributed by atoms with Gasteiger partial charge in [0.1, 0.15) is 17.6 Å². The number of hydrogen-bond donors (Lipinski definition) is 1. The fourth-order valence-corrected chi connectivity index (χ4v) is 2.85. The highest BCUT2D eigenvalue weighted by molar-refractivity contribution is 5.80. The van der Waals surface area contributed by atoms with Gasteiger partial charge in [-0.2, -0.15) is 0 Å². The summed E-state index contributed by atoms with van der Waals surface area (Å²) in [6, 6.07) is 1.88. The number of nitrogens with zero attached hydrogens (tertiary/aromatic N) is 4. The average Bonchev–Trinajstić information content (AvgIpc) is 3.13. The fraction of sp³-hybridized carbons (Fsp3) is 0.562. The van der Waals surface area contributed by atoms with E-state index in [0.29, 0.717) is 44.5 Å². The molecule has 0 aromatic carbocycles. The Bertz CT molecular complexity index is 713. The lowest BCUT2D eigenvalue weighted by molar-refractivity contribution is -0.141. The van der Waals surface area contributed by atoms with Crippen molar-refractivity contribution in [1.29, 1.82) is 0 Å². The third kappa shape index (κ3) is 3.49. The topological polar surface area (TPSA) is 95.8 Å². The Kier molecular flexibility index (Phi) is 4.68. The number of aliphatic hydroxyl groups is 1. The lowest BCUT2D eigenvalue weighted by Crippen LogP contribution is -2.50. The molecule has 2 aromatic heterocycles. The molecule has 130 valence electrons. The predicted molar refractivity (Wildman–Crippen MR) is 85.0 cm³/mol. The van der Waals surface area contributed by atoms with E-state index in [0.717, 1.165) is 17.1 Å². The average molecular weight is 334 g/mol. The Hall–Kier alpha value is -2.19. The van der Waals surface area contributed by atoms with E-state index in [1.165, 1.54) is 6.92 Å². The van der Waals surface area contributed by atoms with E-state index in [-0.39, 0.29) is 5.91 Å². The van der Waals surface area contributed by atoms with Gasteiger partial charge in [-0.15, -0.1) is 10.2 Å². The first-order valence-corrected chi connectivity index (χ1v) is 8.03. The summed E-state index contributed by atoms with van der Waals surface area (Å²) >= 11 is 0. The van der Waals surface area contributed by atoms with Crippen LogP contribution in [0.5, 0.6) is 0 Å². The minimum Gasteiger partial charge on any atom is -0.466 e. The van der Waals surface area contributed by atoms with E-state index < -0.39 is 6.10 Å². The van der Waals surface area contributed by atoms with Gasteiger partial charge in [-0.3, -0.25) is 9.69 Å². The molecule has 8 heteroatoms. The van der Waals surface area contributed by atoms with Crippen molar-refractivity contribution in [3.05, 3.63) is 23.5 Å². The Morgan fingerprint density at radius 3 is 2.54 bits per heavy atom. The van der Waals surface area contributed by atoms with Gasteiger partial charge in [0.15, 0.2) is 0 Å². The molecular weight excluding hydrogens is 312 g/mol. The first kappa shape index (κ1) is 16.7. The van der Waals surface area contributed by atoms with Gasteiger partial charge in [-0.05, 0) is 26.8 Å². The Morgan fingerprint density at radius 1 is 1.25 bits per heavy atom. The molecule has 1 saturated heterocycles. The molecule has 24 heavy (non-hydrogen) atoms. The maximum absolute atomic E-state index is 11.8. The molecule has 1 aliphatic heterocycles. The molecule has 1 aliphatic rings. The van der Waals surface area contributed by atoms with Gasteiger partial charge in [0.05, 0.1) is 12.1 Å². The van der Waals surface area contributed by atoms with Crippen LogP contribution in [0.25, 0.3) is 11.5 Å². The summed E-state index contributed by atoms with van der Waals surface area (Å²) in [5.74, 6) is 2.34. The number of aliphatic hydroxyl groups excluding tert-OH is 1. The predicted octanol–water partition coefficient (Wildman–Crippen LogP) is 0.971. The lowest BCUT2D eigenvalue weighted by Gasteiger charge is -2.34. The number of rotatable bonds is 4. The van der Waals surface area contributed by atoms with Gasteiger partial charge in [0, 0.05) is 26.2 Å². The summed E-state index contributed by atoms with van der Waals surface area (Å²) in [7, 11) is 0. The molecule has 0 aliphatic carbocycles. The van der Waals surface area contributed by atoms with Crippen LogP contribution >= 0.6 is 0 Å². The molecule has 1 fully saturated rings. The molecule has 0 saturated carbocycles. The summed E-state index contributed by atoms with van der Waals surface area (Å²) < 4.78 is 11.2. The molecule has 1 atom stereocenters. The van der Waals surface area contributed by atoms with E-state index in [2.05, 4.69) is 15.1 Å². The van der Waals surface area contributed by atoms with Crippen molar-refractivity contribution in [1.82, 2.24) is 20.0 Å². The molecule has 3 rings (SSSR count). The van der Waals surface area contributed by atoms with Crippen molar-refractivity contribution in [2.45, 2.75) is 33.4 Å². The maximum Gasteiger partial charge on any atom is 0.251 e. The van der Waals surface area contributed by atoms with E-state index in [4.69, 9.17) is 8.83 Å². The van der Waals surface area contributed by atoms with Gasteiger partial charge >= 0.3 is 0 Å². The highest BCUT2D eigenvalue weighted by Crippen LogP contribution is 2.25. The molecule has 1 N–H and O–H groups in total. The van der Waals surface area contributed by atoms with E-state index >= 15 is 0 Å².